The first-order chi connectivity index (χ1) is 21.2. The fourth-order valence-electron chi connectivity index (χ4n) is 6.15. The fourth-order valence-corrected chi connectivity index (χ4v) is 6.53. The highest BCUT2D eigenvalue weighted by Gasteiger charge is 2.22. The van der Waals surface area contributed by atoms with Gasteiger partial charge in [-0.15, -0.1) is 0 Å². The van der Waals surface area contributed by atoms with E-state index >= 15 is 0 Å². The predicted octanol–water partition coefficient (Wildman–Crippen LogP) is 7.79. The Labute approximate surface area is 258 Å². The van der Waals surface area contributed by atoms with Crippen molar-refractivity contribution in [1.82, 2.24) is 29.9 Å². The highest BCUT2D eigenvalue weighted by Crippen LogP contribution is 2.35. The van der Waals surface area contributed by atoms with Crippen LogP contribution in [0.25, 0.3) is 22.1 Å². The predicted molar refractivity (Wildman–Crippen MR) is 174 cm³/mol. The van der Waals surface area contributed by atoms with Crippen LogP contribution in [0.1, 0.15) is 60.0 Å². The van der Waals surface area contributed by atoms with Crippen molar-refractivity contribution in [3.05, 3.63) is 119 Å². The number of nitrogens with zero attached hydrogens (tertiary/aromatic N) is 6. The second-order valence-corrected chi connectivity index (χ2v) is 11.8. The van der Waals surface area contributed by atoms with Gasteiger partial charge >= 0.3 is 0 Å². The van der Waals surface area contributed by atoms with Gasteiger partial charge < -0.3 is 10.6 Å². The number of pyridine rings is 2. The van der Waals surface area contributed by atoms with Gasteiger partial charge in [-0.3, -0.25) is 9.97 Å². The van der Waals surface area contributed by atoms with Crippen LogP contribution >= 0.6 is 15.9 Å². The van der Waals surface area contributed by atoms with Gasteiger partial charge in [0, 0.05) is 16.9 Å². The first kappa shape index (κ1) is 27.3. The van der Waals surface area contributed by atoms with Gasteiger partial charge in [0.2, 0.25) is 0 Å². The Hall–Kier alpha value is -4.50. The number of halogens is 1. The molecule has 43 heavy (non-hydrogen) atoms. The Bertz CT molecular complexity index is 1880. The molecule has 2 unspecified atom stereocenters. The Morgan fingerprint density at radius 1 is 0.581 bits per heavy atom. The lowest BCUT2D eigenvalue weighted by Gasteiger charge is -2.27. The number of aromatic nitrogens is 6. The molecule has 2 aliphatic rings. The summed E-state index contributed by atoms with van der Waals surface area (Å²) in [5, 5.41) is 7.14. The standard InChI is InChI=1S/C17H15BrN4.C17H16N4/c18-12-7-6-11-3-1-4-14(13(11)9-12)22-17-16-15(20-10-21-17)5-2-8-19-16;1-2-7-13-12(5-1)6-3-8-14(13)21-17-16-15(19-11-20-17)9-4-10-18-16/h2,5-10,14H,1,3-4H2,(H,20,21,22);1-2,4-5,7,9-11,14H,3,6,8H2,(H,19,20,21). The van der Waals surface area contributed by atoms with Gasteiger partial charge in [0.25, 0.3) is 0 Å². The summed E-state index contributed by atoms with van der Waals surface area (Å²) < 4.78 is 1.12. The molecule has 9 heteroatoms. The molecule has 0 radical (unpaired) electrons. The summed E-state index contributed by atoms with van der Waals surface area (Å²) in [6.07, 6.45) is 13.7. The van der Waals surface area contributed by atoms with Gasteiger partial charge in [0.15, 0.2) is 11.6 Å². The highest BCUT2D eigenvalue weighted by molar-refractivity contribution is 9.10. The molecule has 0 fully saturated rings. The van der Waals surface area contributed by atoms with E-state index < -0.39 is 0 Å². The number of rotatable bonds is 4. The van der Waals surface area contributed by atoms with Crippen LogP contribution in [0.4, 0.5) is 11.6 Å². The van der Waals surface area contributed by atoms with E-state index in [0.717, 1.165) is 63.9 Å². The van der Waals surface area contributed by atoms with Gasteiger partial charge in [0.1, 0.15) is 23.7 Å². The summed E-state index contributed by atoms with van der Waals surface area (Å²) >= 11 is 3.58. The number of hydrogen-bond donors (Lipinski definition) is 2. The molecule has 2 N–H and O–H groups in total. The summed E-state index contributed by atoms with van der Waals surface area (Å²) in [5.74, 6) is 1.63. The molecule has 0 saturated carbocycles. The first-order valence-corrected chi connectivity index (χ1v) is 15.5. The summed E-state index contributed by atoms with van der Waals surface area (Å²) in [7, 11) is 0. The SMILES string of the molecule is Brc1ccc2c(c1)C(Nc1ncnc3cccnc13)CCC2.c1ccc2c(c1)CCCC2Nc1ncnc2cccnc12. The Balaban J connectivity index is 0.000000140. The highest BCUT2D eigenvalue weighted by atomic mass is 79.9. The van der Waals surface area contributed by atoms with Gasteiger partial charge in [-0.2, -0.15) is 0 Å². The Morgan fingerprint density at radius 3 is 1.81 bits per heavy atom. The van der Waals surface area contributed by atoms with Crippen LogP contribution in [0.15, 0.2) is 96.3 Å². The minimum Gasteiger partial charge on any atom is -0.361 e. The van der Waals surface area contributed by atoms with Crippen molar-refractivity contribution in [3.63, 3.8) is 0 Å². The van der Waals surface area contributed by atoms with Crippen LogP contribution in [0.3, 0.4) is 0 Å². The van der Waals surface area contributed by atoms with E-state index in [2.05, 4.69) is 98.9 Å². The maximum Gasteiger partial charge on any atom is 0.156 e. The van der Waals surface area contributed by atoms with E-state index in [1.165, 1.54) is 35.1 Å². The Kier molecular flexibility index (Phi) is 7.88. The summed E-state index contributed by atoms with van der Waals surface area (Å²) in [6, 6.07) is 23.5. The van der Waals surface area contributed by atoms with E-state index in [9.17, 15) is 0 Å². The second-order valence-electron chi connectivity index (χ2n) is 10.9. The van der Waals surface area contributed by atoms with Crippen LogP contribution < -0.4 is 10.6 Å². The van der Waals surface area contributed by atoms with Gasteiger partial charge in [0.05, 0.1) is 23.1 Å². The quantitative estimate of drug-likeness (QED) is 0.203. The minimum absolute atomic E-state index is 0.265. The van der Waals surface area contributed by atoms with Gasteiger partial charge in [-0.05, 0) is 97.2 Å². The molecule has 0 aliphatic heterocycles. The van der Waals surface area contributed by atoms with Crippen LogP contribution in [-0.4, -0.2) is 29.9 Å². The number of aryl methyl sites for hydroxylation is 2. The number of fused-ring (bicyclic) bond motifs is 4. The molecule has 2 aromatic carbocycles. The van der Waals surface area contributed by atoms with E-state index in [-0.39, 0.29) is 6.04 Å². The molecule has 4 aromatic heterocycles. The van der Waals surface area contributed by atoms with Crippen molar-refractivity contribution in [3.8, 4) is 0 Å². The lowest BCUT2D eigenvalue weighted by atomic mass is 9.88. The van der Waals surface area contributed by atoms with Crippen LogP contribution in [0.5, 0.6) is 0 Å². The monoisotopic (exact) mass is 630 g/mol. The number of nitrogens with one attached hydrogen (secondary N) is 2. The van der Waals surface area contributed by atoms with E-state index in [1.54, 1.807) is 25.0 Å². The van der Waals surface area contributed by atoms with E-state index in [4.69, 9.17) is 0 Å². The van der Waals surface area contributed by atoms with E-state index in [0.29, 0.717) is 6.04 Å². The number of anilines is 2. The minimum atomic E-state index is 0.265. The normalized spacial score (nSPS) is 17.3. The lowest BCUT2D eigenvalue weighted by molar-refractivity contribution is 0.598. The van der Waals surface area contributed by atoms with Crippen molar-refractivity contribution in [2.75, 3.05) is 10.6 Å². The second kappa shape index (κ2) is 12.4. The molecule has 2 atom stereocenters. The molecule has 2 aliphatic carbocycles. The lowest BCUT2D eigenvalue weighted by Crippen LogP contribution is -2.18. The van der Waals surface area contributed by atoms with Crippen LogP contribution in [0.2, 0.25) is 0 Å². The summed E-state index contributed by atoms with van der Waals surface area (Å²) in [6.45, 7) is 0. The molecular formula is C34H31BrN8. The third-order valence-electron chi connectivity index (χ3n) is 8.20. The maximum atomic E-state index is 4.42. The molecule has 0 bridgehead atoms. The van der Waals surface area contributed by atoms with Crippen molar-refractivity contribution in [2.24, 2.45) is 0 Å². The molecule has 214 valence electrons. The largest absolute Gasteiger partial charge is 0.361 e. The maximum absolute atomic E-state index is 4.42. The number of hydrogen-bond acceptors (Lipinski definition) is 8. The zero-order valence-electron chi connectivity index (χ0n) is 23.6. The molecule has 0 saturated heterocycles. The molecule has 8 nitrogen and oxygen atoms in total. The average Bonchev–Trinajstić information content (AvgIpc) is 3.06. The number of benzene rings is 2. The molecule has 0 amide bonds. The van der Waals surface area contributed by atoms with Crippen molar-refractivity contribution in [2.45, 2.75) is 50.6 Å². The molecule has 6 aromatic rings. The van der Waals surface area contributed by atoms with Gasteiger partial charge in [-0.25, -0.2) is 19.9 Å². The smallest absolute Gasteiger partial charge is 0.156 e. The summed E-state index contributed by atoms with van der Waals surface area (Å²) in [4.78, 5) is 26.2. The van der Waals surface area contributed by atoms with Crippen LogP contribution in [-0.2, 0) is 12.8 Å². The fraction of sp³-hybridized carbons (Fsp3) is 0.235. The zero-order chi connectivity index (χ0) is 29.0. The van der Waals surface area contributed by atoms with Crippen molar-refractivity contribution in [1.29, 1.82) is 0 Å². The molecule has 8 rings (SSSR count). The Morgan fingerprint density at radius 2 is 1.16 bits per heavy atom. The van der Waals surface area contributed by atoms with Gasteiger partial charge in [-0.1, -0.05) is 46.3 Å². The van der Waals surface area contributed by atoms with Crippen molar-refractivity contribution < 1.29 is 0 Å². The van der Waals surface area contributed by atoms with E-state index in [1.807, 2.05) is 24.3 Å². The molecular weight excluding hydrogens is 600 g/mol. The third-order valence-corrected chi connectivity index (χ3v) is 8.70. The topological polar surface area (TPSA) is 101 Å². The van der Waals surface area contributed by atoms with Crippen LogP contribution in [0, 0.1) is 0 Å². The molecule has 0 spiro atoms. The van der Waals surface area contributed by atoms with Crippen molar-refractivity contribution >= 4 is 49.6 Å². The zero-order valence-corrected chi connectivity index (χ0v) is 25.2. The average molecular weight is 632 g/mol. The molecule has 4 heterocycles. The summed E-state index contributed by atoms with van der Waals surface area (Å²) in [5.41, 5.74) is 8.99. The first-order valence-electron chi connectivity index (χ1n) is 14.7. The third kappa shape index (κ3) is 5.90.